The molecule has 0 amide bonds. The standard InChI is InChI=1S/C13H17N3O/c1-10-12(11(2)17-16-10)6-5-9-15-13-7-3-4-8-14-13/h3-4,7-8H,5-6,9H2,1-2H3,(H,14,15). The number of rotatable bonds is 5. The molecule has 0 fully saturated rings. The summed E-state index contributed by atoms with van der Waals surface area (Å²) in [6.07, 6.45) is 3.82. The topological polar surface area (TPSA) is 51.0 Å². The smallest absolute Gasteiger partial charge is 0.137 e. The van der Waals surface area contributed by atoms with E-state index in [2.05, 4.69) is 15.5 Å². The van der Waals surface area contributed by atoms with E-state index in [9.17, 15) is 0 Å². The van der Waals surface area contributed by atoms with Gasteiger partial charge in [-0.3, -0.25) is 0 Å². The number of anilines is 1. The Hall–Kier alpha value is -1.84. The molecule has 0 saturated heterocycles. The third kappa shape index (κ3) is 3.06. The van der Waals surface area contributed by atoms with Gasteiger partial charge in [-0.15, -0.1) is 0 Å². The molecule has 4 nitrogen and oxygen atoms in total. The highest BCUT2D eigenvalue weighted by atomic mass is 16.5. The number of pyridine rings is 1. The molecule has 0 bridgehead atoms. The second kappa shape index (κ2) is 5.48. The first kappa shape index (κ1) is 11.6. The van der Waals surface area contributed by atoms with Crippen molar-refractivity contribution in [3.8, 4) is 0 Å². The average Bonchev–Trinajstić information content (AvgIpc) is 2.67. The third-order valence-corrected chi connectivity index (χ3v) is 2.76. The Morgan fingerprint density at radius 1 is 1.29 bits per heavy atom. The zero-order chi connectivity index (χ0) is 12.1. The van der Waals surface area contributed by atoms with Crippen molar-refractivity contribution in [3.05, 3.63) is 41.4 Å². The monoisotopic (exact) mass is 231 g/mol. The molecule has 0 saturated carbocycles. The van der Waals surface area contributed by atoms with Crippen molar-refractivity contribution in [3.63, 3.8) is 0 Å². The van der Waals surface area contributed by atoms with Crippen LogP contribution in [-0.2, 0) is 6.42 Å². The molecule has 0 aliphatic heterocycles. The van der Waals surface area contributed by atoms with Gasteiger partial charge in [0.05, 0.1) is 5.69 Å². The van der Waals surface area contributed by atoms with Gasteiger partial charge < -0.3 is 9.84 Å². The lowest BCUT2D eigenvalue weighted by atomic mass is 10.1. The molecule has 0 aromatic carbocycles. The molecule has 0 aliphatic rings. The van der Waals surface area contributed by atoms with Gasteiger partial charge in [-0.25, -0.2) is 4.98 Å². The van der Waals surface area contributed by atoms with Crippen LogP contribution < -0.4 is 5.32 Å². The maximum Gasteiger partial charge on any atom is 0.137 e. The SMILES string of the molecule is Cc1noc(C)c1CCCNc1ccccn1. The molecule has 0 spiro atoms. The van der Waals surface area contributed by atoms with E-state index in [-0.39, 0.29) is 0 Å². The molecule has 2 rings (SSSR count). The molecule has 1 N–H and O–H groups in total. The Morgan fingerprint density at radius 2 is 2.18 bits per heavy atom. The summed E-state index contributed by atoms with van der Waals surface area (Å²) in [4.78, 5) is 4.21. The summed E-state index contributed by atoms with van der Waals surface area (Å²) in [7, 11) is 0. The first-order chi connectivity index (χ1) is 8.27. The highest BCUT2D eigenvalue weighted by Gasteiger charge is 2.07. The zero-order valence-corrected chi connectivity index (χ0v) is 10.2. The van der Waals surface area contributed by atoms with Gasteiger partial charge in [-0.2, -0.15) is 0 Å². The summed E-state index contributed by atoms with van der Waals surface area (Å²) in [5, 5.41) is 7.23. The zero-order valence-electron chi connectivity index (χ0n) is 10.2. The maximum absolute atomic E-state index is 5.13. The van der Waals surface area contributed by atoms with E-state index >= 15 is 0 Å². The Kier molecular flexibility index (Phi) is 3.75. The van der Waals surface area contributed by atoms with Crippen molar-refractivity contribution < 1.29 is 4.52 Å². The Balaban J connectivity index is 1.77. The normalized spacial score (nSPS) is 10.5. The summed E-state index contributed by atoms with van der Waals surface area (Å²) in [6, 6.07) is 5.86. The van der Waals surface area contributed by atoms with Gasteiger partial charge in [0.2, 0.25) is 0 Å². The predicted octanol–water partition coefficient (Wildman–Crippen LogP) is 2.73. The van der Waals surface area contributed by atoms with Crippen LogP contribution in [-0.4, -0.2) is 16.7 Å². The summed E-state index contributed by atoms with van der Waals surface area (Å²) < 4.78 is 5.13. The number of nitrogens with zero attached hydrogens (tertiary/aromatic N) is 2. The van der Waals surface area contributed by atoms with Crippen molar-refractivity contribution in [1.82, 2.24) is 10.1 Å². The molecule has 4 heteroatoms. The highest BCUT2D eigenvalue weighted by molar-refractivity contribution is 5.32. The van der Waals surface area contributed by atoms with E-state index in [0.29, 0.717) is 0 Å². The number of aryl methyl sites for hydroxylation is 2. The van der Waals surface area contributed by atoms with Gasteiger partial charge in [-0.05, 0) is 38.8 Å². The van der Waals surface area contributed by atoms with Crippen molar-refractivity contribution in [2.24, 2.45) is 0 Å². The van der Waals surface area contributed by atoms with E-state index in [0.717, 1.165) is 36.7 Å². The Labute approximate surface area is 101 Å². The fourth-order valence-corrected chi connectivity index (χ4v) is 1.81. The molecular weight excluding hydrogens is 214 g/mol. The van der Waals surface area contributed by atoms with Gasteiger partial charge >= 0.3 is 0 Å². The van der Waals surface area contributed by atoms with Crippen molar-refractivity contribution in [1.29, 1.82) is 0 Å². The van der Waals surface area contributed by atoms with Crippen LogP contribution in [0.2, 0.25) is 0 Å². The Bertz CT molecular complexity index is 445. The summed E-state index contributed by atoms with van der Waals surface area (Å²) >= 11 is 0. The largest absolute Gasteiger partial charge is 0.370 e. The number of hydrogen-bond acceptors (Lipinski definition) is 4. The lowest BCUT2D eigenvalue weighted by Gasteiger charge is -2.04. The molecule has 2 heterocycles. The maximum atomic E-state index is 5.13. The van der Waals surface area contributed by atoms with Gasteiger partial charge in [-0.1, -0.05) is 11.2 Å². The van der Waals surface area contributed by atoms with E-state index in [1.807, 2.05) is 32.0 Å². The van der Waals surface area contributed by atoms with Gasteiger partial charge in [0, 0.05) is 18.3 Å². The lowest BCUT2D eigenvalue weighted by molar-refractivity contribution is 0.392. The first-order valence-electron chi connectivity index (χ1n) is 5.84. The van der Waals surface area contributed by atoms with E-state index in [1.165, 1.54) is 5.56 Å². The van der Waals surface area contributed by atoms with Crippen LogP contribution in [0.1, 0.15) is 23.4 Å². The molecule has 0 atom stereocenters. The average molecular weight is 231 g/mol. The minimum Gasteiger partial charge on any atom is -0.370 e. The number of aromatic nitrogens is 2. The summed E-state index contributed by atoms with van der Waals surface area (Å²) in [6.45, 7) is 4.85. The molecule has 0 unspecified atom stereocenters. The first-order valence-corrected chi connectivity index (χ1v) is 5.84. The molecule has 90 valence electrons. The van der Waals surface area contributed by atoms with Crippen LogP contribution in [0.25, 0.3) is 0 Å². The van der Waals surface area contributed by atoms with Gasteiger partial charge in [0.25, 0.3) is 0 Å². The highest BCUT2D eigenvalue weighted by Crippen LogP contribution is 2.14. The van der Waals surface area contributed by atoms with Gasteiger partial charge in [0.15, 0.2) is 0 Å². The molecule has 2 aromatic heterocycles. The fraction of sp³-hybridized carbons (Fsp3) is 0.385. The predicted molar refractivity (Wildman–Crippen MR) is 67.0 cm³/mol. The van der Waals surface area contributed by atoms with Crippen LogP contribution in [0.5, 0.6) is 0 Å². The van der Waals surface area contributed by atoms with Crippen LogP contribution in [0.15, 0.2) is 28.9 Å². The quantitative estimate of drug-likeness (QED) is 0.804. The molecule has 0 radical (unpaired) electrons. The second-order valence-electron chi connectivity index (χ2n) is 4.05. The minimum atomic E-state index is 0.904. The second-order valence-corrected chi connectivity index (χ2v) is 4.05. The Morgan fingerprint density at radius 3 is 2.82 bits per heavy atom. The van der Waals surface area contributed by atoms with E-state index < -0.39 is 0 Å². The molecular formula is C13H17N3O. The molecule has 17 heavy (non-hydrogen) atoms. The van der Waals surface area contributed by atoms with E-state index in [4.69, 9.17) is 4.52 Å². The molecule has 0 aliphatic carbocycles. The van der Waals surface area contributed by atoms with Crippen LogP contribution in [0.4, 0.5) is 5.82 Å². The van der Waals surface area contributed by atoms with Gasteiger partial charge in [0.1, 0.15) is 11.6 Å². The summed E-state index contributed by atoms with van der Waals surface area (Å²) in [5.74, 6) is 1.85. The van der Waals surface area contributed by atoms with Crippen LogP contribution in [0.3, 0.4) is 0 Å². The minimum absolute atomic E-state index is 0.904. The van der Waals surface area contributed by atoms with Crippen LogP contribution in [0, 0.1) is 13.8 Å². The number of hydrogen-bond donors (Lipinski definition) is 1. The van der Waals surface area contributed by atoms with E-state index in [1.54, 1.807) is 6.20 Å². The van der Waals surface area contributed by atoms with Crippen molar-refractivity contribution >= 4 is 5.82 Å². The van der Waals surface area contributed by atoms with Crippen molar-refractivity contribution in [2.75, 3.05) is 11.9 Å². The summed E-state index contributed by atoms with van der Waals surface area (Å²) in [5.41, 5.74) is 2.23. The fourth-order valence-electron chi connectivity index (χ4n) is 1.81. The number of nitrogens with one attached hydrogen (secondary N) is 1. The van der Waals surface area contributed by atoms with Crippen LogP contribution >= 0.6 is 0 Å². The van der Waals surface area contributed by atoms with Crippen molar-refractivity contribution in [2.45, 2.75) is 26.7 Å². The molecule has 2 aromatic rings. The lowest BCUT2D eigenvalue weighted by Crippen LogP contribution is -2.04. The third-order valence-electron chi connectivity index (χ3n) is 2.76.